The van der Waals surface area contributed by atoms with Gasteiger partial charge in [0.05, 0.1) is 4.92 Å². The molecule has 1 aromatic heterocycles. The molecule has 0 spiro atoms. The van der Waals surface area contributed by atoms with Gasteiger partial charge in [-0.2, -0.15) is 4.98 Å². The maximum atomic E-state index is 10.8. The first-order chi connectivity index (χ1) is 8.56. The number of halogens is 1. The van der Waals surface area contributed by atoms with Crippen LogP contribution in [0.5, 0.6) is 0 Å². The number of benzene rings is 1. The minimum atomic E-state index is -0.560. The number of nitro groups is 1. The van der Waals surface area contributed by atoms with Crippen LogP contribution in [0, 0.1) is 13.7 Å². The summed E-state index contributed by atoms with van der Waals surface area (Å²) in [6.45, 7) is 0. The monoisotopic (exact) mass is 357 g/mol. The Bertz CT molecular complexity index is 605. The summed E-state index contributed by atoms with van der Waals surface area (Å²) in [6, 6.07) is 7.36. The molecule has 2 rings (SSSR count). The Kier molecular flexibility index (Phi) is 3.55. The van der Waals surface area contributed by atoms with Gasteiger partial charge < -0.3 is 11.1 Å². The van der Waals surface area contributed by atoms with Crippen molar-refractivity contribution in [2.24, 2.45) is 0 Å². The fraction of sp³-hybridized carbons (Fsp3) is 0. The molecule has 0 radical (unpaired) electrons. The summed E-state index contributed by atoms with van der Waals surface area (Å²) in [5.74, 6) is 0.0585. The zero-order valence-electron chi connectivity index (χ0n) is 9.00. The van der Waals surface area contributed by atoms with Crippen LogP contribution in [-0.4, -0.2) is 14.9 Å². The molecule has 0 amide bonds. The summed E-state index contributed by atoms with van der Waals surface area (Å²) < 4.78 is 1.00. The van der Waals surface area contributed by atoms with Gasteiger partial charge in [0.15, 0.2) is 0 Å². The third-order valence-corrected chi connectivity index (χ3v) is 2.74. The molecule has 7 nitrogen and oxygen atoms in total. The summed E-state index contributed by atoms with van der Waals surface area (Å²) in [6.07, 6.45) is 1.08. The molecule has 1 aromatic carbocycles. The highest BCUT2D eigenvalue weighted by Gasteiger charge is 2.16. The highest BCUT2D eigenvalue weighted by atomic mass is 127. The molecule has 0 aliphatic rings. The van der Waals surface area contributed by atoms with Gasteiger partial charge in [-0.3, -0.25) is 10.1 Å². The number of hydrogen-bond donors (Lipinski definition) is 2. The topological polar surface area (TPSA) is 107 Å². The van der Waals surface area contributed by atoms with Crippen LogP contribution in [0.1, 0.15) is 0 Å². The summed E-state index contributed by atoms with van der Waals surface area (Å²) in [5.41, 5.74) is 5.90. The van der Waals surface area contributed by atoms with Gasteiger partial charge in [0, 0.05) is 9.26 Å². The molecule has 2 aromatic rings. The maximum Gasteiger partial charge on any atom is 0.329 e. The molecule has 0 aliphatic heterocycles. The van der Waals surface area contributed by atoms with Gasteiger partial charge in [0.2, 0.25) is 11.8 Å². The standard InChI is InChI=1S/C10H8IN5O2/c11-6-2-1-3-7(4-6)14-9-8(16(17)18)5-13-10(12)15-9/h1-5H,(H3,12,13,14,15). The third kappa shape index (κ3) is 2.83. The number of nitrogens with one attached hydrogen (secondary N) is 1. The zero-order chi connectivity index (χ0) is 13.1. The molecule has 8 heteroatoms. The quantitative estimate of drug-likeness (QED) is 0.496. The van der Waals surface area contributed by atoms with Gasteiger partial charge in [-0.05, 0) is 40.8 Å². The van der Waals surface area contributed by atoms with E-state index in [9.17, 15) is 10.1 Å². The molecular formula is C10H8IN5O2. The largest absolute Gasteiger partial charge is 0.368 e. The van der Waals surface area contributed by atoms with Crippen LogP contribution in [0.3, 0.4) is 0 Å². The van der Waals surface area contributed by atoms with Crippen molar-refractivity contribution in [2.75, 3.05) is 11.1 Å². The fourth-order valence-electron chi connectivity index (χ4n) is 1.32. The predicted molar refractivity (Wildman–Crippen MR) is 75.5 cm³/mol. The van der Waals surface area contributed by atoms with Gasteiger partial charge in [-0.15, -0.1) is 0 Å². The first kappa shape index (κ1) is 12.5. The molecule has 3 N–H and O–H groups in total. The van der Waals surface area contributed by atoms with E-state index in [1.54, 1.807) is 6.07 Å². The summed E-state index contributed by atoms with van der Waals surface area (Å²) in [5, 5.41) is 13.7. The van der Waals surface area contributed by atoms with Crippen molar-refractivity contribution in [1.29, 1.82) is 0 Å². The highest BCUT2D eigenvalue weighted by molar-refractivity contribution is 14.1. The molecule has 0 atom stereocenters. The van der Waals surface area contributed by atoms with Gasteiger partial charge >= 0.3 is 5.69 Å². The van der Waals surface area contributed by atoms with Gasteiger partial charge in [-0.25, -0.2) is 4.98 Å². The Hall–Kier alpha value is -1.97. The Morgan fingerprint density at radius 2 is 2.22 bits per heavy atom. The Morgan fingerprint density at radius 1 is 1.44 bits per heavy atom. The van der Waals surface area contributed by atoms with Crippen molar-refractivity contribution in [3.8, 4) is 0 Å². The molecule has 0 unspecified atom stereocenters. The van der Waals surface area contributed by atoms with Gasteiger partial charge in [0.1, 0.15) is 6.20 Å². The maximum absolute atomic E-state index is 10.8. The first-order valence-corrected chi connectivity index (χ1v) is 5.93. The molecule has 92 valence electrons. The van der Waals surface area contributed by atoms with Crippen molar-refractivity contribution in [3.05, 3.63) is 44.1 Å². The van der Waals surface area contributed by atoms with Crippen LogP contribution in [0.4, 0.5) is 23.1 Å². The van der Waals surface area contributed by atoms with Crippen molar-refractivity contribution >= 4 is 45.7 Å². The van der Waals surface area contributed by atoms with E-state index >= 15 is 0 Å². The van der Waals surface area contributed by atoms with Crippen molar-refractivity contribution in [1.82, 2.24) is 9.97 Å². The second kappa shape index (κ2) is 5.12. The SMILES string of the molecule is Nc1ncc([N+](=O)[O-])c(Nc2cccc(I)c2)n1. The highest BCUT2D eigenvalue weighted by Crippen LogP contribution is 2.25. The van der Waals surface area contributed by atoms with Crippen molar-refractivity contribution in [3.63, 3.8) is 0 Å². The second-order valence-electron chi connectivity index (χ2n) is 3.35. The second-order valence-corrected chi connectivity index (χ2v) is 4.60. The smallest absolute Gasteiger partial charge is 0.329 e. The van der Waals surface area contributed by atoms with E-state index in [2.05, 4.69) is 37.9 Å². The molecule has 0 fully saturated rings. The first-order valence-electron chi connectivity index (χ1n) is 4.86. The van der Waals surface area contributed by atoms with Crippen LogP contribution >= 0.6 is 22.6 Å². The van der Waals surface area contributed by atoms with Gasteiger partial charge in [0.25, 0.3) is 0 Å². The summed E-state index contributed by atoms with van der Waals surface area (Å²) in [4.78, 5) is 17.7. The van der Waals surface area contributed by atoms with Gasteiger partial charge in [-0.1, -0.05) is 6.07 Å². The van der Waals surface area contributed by atoms with Crippen molar-refractivity contribution < 1.29 is 4.92 Å². The molecular weight excluding hydrogens is 349 g/mol. The number of hydrogen-bond acceptors (Lipinski definition) is 6. The average Bonchev–Trinajstić information content (AvgIpc) is 2.28. The van der Waals surface area contributed by atoms with E-state index in [0.29, 0.717) is 5.69 Å². The fourth-order valence-corrected chi connectivity index (χ4v) is 1.86. The Morgan fingerprint density at radius 3 is 2.89 bits per heavy atom. The van der Waals surface area contributed by atoms with Crippen molar-refractivity contribution in [2.45, 2.75) is 0 Å². The normalized spacial score (nSPS) is 10.1. The van der Waals surface area contributed by atoms with E-state index in [4.69, 9.17) is 5.73 Å². The lowest BCUT2D eigenvalue weighted by Gasteiger charge is -2.06. The molecule has 0 bridgehead atoms. The van der Waals surface area contributed by atoms with Crippen LogP contribution < -0.4 is 11.1 Å². The van der Waals surface area contributed by atoms with Crippen LogP contribution in [0.15, 0.2) is 30.5 Å². The molecule has 18 heavy (non-hydrogen) atoms. The third-order valence-electron chi connectivity index (χ3n) is 2.07. The van der Waals surface area contributed by atoms with E-state index in [-0.39, 0.29) is 17.5 Å². The van der Waals surface area contributed by atoms with E-state index < -0.39 is 4.92 Å². The number of nitrogen functional groups attached to an aromatic ring is 1. The predicted octanol–water partition coefficient (Wildman–Crippen LogP) is 2.32. The minimum absolute atomic E-state index is 0.0197. The summed E-state index contributed by atoms with van der Waals surface area (Å²) in [7, 11) is 0. The molecule has 0 saturated heterocycles. The lowest BCUT2D eigenvalue weighted by atomic mass is 10.3. The molecule has 0 saturated carbocycles. The summed E-state index contributed by atoms with van der Waals surface area (Å²) >= 11 is 2.15. The lowest BCUT2D eigenvalue weighted by Crippen LogP contribution is -2.04. The van der Waals surface area contributed by atoms with E-state index in [1.165, 1.54) is 0 Å². The van der Waals surface area contributed by atoms with Crippen LogP contribution in [0.25, 0.3) is 0 Å². The molecule has 0 aliphatic carbocycles. The van der Waals surface area contributed by atoms with Crippen LogP contribution in [-0.2, 0) is 0 Å². The molecule has 1 heterocycles. The number of nitrogens with zero attached hydrogens (tertiary/aromatic N) is 3. The van der Waals surface area contributed by atoms with Crippen LogP contribution in [0.2, 0.25) is 0 Å². The Labute approximate surface area is 116 Å². The average molecular weight is 357 g/mol. The van der Waals surface area contributed by atoms with E-state index in [1.807, 2.05) is 18.2 Å². The lowest BCUT2D eigenvalue weighted by molar-refractivity contribution is -0.384. The van der Waals surface area contributed by atoms with E-state index in [0.717, 1.165) is 9.77 Å². The Balaban J connectivity index is 2.39. The number of rotatable bonds is 3. The zero-order valence-corrected chi connectivity index (χ0v) is 11.2. The number of nitrogens with two attached hydrogens (primary N) is 1. The minimum Gasteiger partial charge on any atom is -0.368 e. The number of aromatic nitrogens is 2. The number of anilines is 3.